The van der Waals surface area contributed by atoms with E-state index in [0.717, 1.165) is 6.26 Å². The smallest absolute Gasteiger partial charge is 0.335 e. The maximum absolute atomic E-state index is 11.3. The van der Waals surface area contributed by atoms with Crippen LogP contribution < -0.4 is 0 Å². The van der Waals surface area contributed by atoms with Gasteiger partial charge >= 0.3 is 5.97 Å². The normalized spacial score (nSPS) is 13.5. The maximum Gasteiger partial charge on any atom is 0.335 e. The molecule has 5 heteroatoms. The standard InChI is InChI=1S/C10H12O4S/c1-7(15(2,13)14)8-4-3-5-9(6-8)10(11)12/h3-7H,1-2H3,(H,11,12). The van der Waals surface area contributed by atoms with Gasteiger partial charge in [-0.3, -0.25) is 0 Å². The van der Waals surface area contributed by atoms with Crippen molar-refractivity contribution < 1.29 is 18.3 Å². The molecule has 15 heavy (non-hydrogen) atoms. The minimum absolute atomic E-state index is 0.100. The maximum atomic E-state index is 11.3. The monoisotopic (exact) mass is 228 g/mol. The molecule has 1 atom stereocenters. The molecule has 1 N–H and O–H groups in total. The van der Waals surface area contributed by atoms with Crippen LogP contribution in [0.3, 0.4) is 0 Å². The number of carbonyl (C=O) groups is 1. The van der Waals surface area contributed by atoms with Crippen molar-refractivity contribution in [3.8, 4) is 0 Å². The highest BCUT2D eigenvalue weighted by molar-refractivity contribution is 7.90. The number of aromatic carboxylic acids is 1. The average molecular weight is 228 g/mol. The molecule has 1 aromatic carbocycles. The lowest BCUT2D eigenvalue weighted by Gasteiger charge is -2.09. The van der Waals surface area contributed by atoms with Crippen LogP contribution in [0.4, 0.5) is 0 Å². The highest BCUT2D eigenvalue weighted by atomic mass is 32.2. The van der Waals surface area contributed by atoms with E-state index in [1.54, 1.807) is 12.1 Å². The summed E-state index contributed by atoms with van der Waals surface area (Å²) in [5.41, 5.74) is 0.598. The Hall–Kier alpha value is -1.36. The predicted molar refractivity (Wildman–Crippen MR) is 56.7 cm³/mol. The number of sulfone groups is 1. The van der Waals surface area contributed by atoms with Crippen molar-refractivity contribution in [2.24, 2.45) is 0 Å². The molecule has 0 aliphatic carbocycles. The van der Waals surface area contributed by atoms with E-state index in [1.165, 1.54) is 19.1 Å². The third-order valence-corrected chi connectivity index (χ3v) is 3.80. The first-order chi connectivity index (χ1) is 6.82. The lowest BCUT2D eigenvalue weighted by molar-refractivity contribution is 0.0696. The van der Waals surface area contributed by atoms with E-state index in [4.69, 9.17) is 5.11 Å². The summed E-state index contributed by atoms with van der Waals surface area (Å²) in [7, 11) is -3.19. The molecular formula is C10H12O4S. The molecule has 1 unspecified atom stereocenters. The van der Waals surface area contributed by atoms with Crippen molar-refractivity contribution in [3.05, 3.63) is 35.4 Å². The third kappa shape index (κ3) is 2.79. The molecule has 0 fully saturated rings. The zero-order valence-corrected chi connectivity index (χ0v) is 9.28. The topological polar surface area (TPSA) is 71.4 Å². The molecule has 0 spiro atoms. The van der Waals surface area contributed by atoms with E-state index in [1.807, 2.05) is 0 Å². The van der Waals surface area contributed by atoms with Crippen LogP contribution in [0.2, 0.25) is 0 Å². The van der Waals surface area contributed by atoms with E-state index in [0.29, 0.717) is 5.56 Å². The minimum atomic E-state index is -3.19. The van der Waals surface area contributed by atoms with E-state index < -0.39 is 21.1 Å². The van der Waals surface area contributed by atoms with E-state index >= 15 is 0 Å². The summed E-state index contributed by atoms with van der Waals surface area (Å²) in [6, 6.07) is 5.97. The molecule has 0 saturated heterocycles. The van der Waals surface area contributed by atoms with Crippen LogP contribution >= 0.6 is 0 Å². The molecule has 0 saturated carbocycles. The van der Waals surface area contributed by atoms with E-state index in [9.17, 15) is 13.2 Å². The SMILES string of the molecule is CC(c1cccc(C(=O)O)c1)S(C)(=O)=O. The zero-order valence-electron chi connectivity index (χ0n) is 8.47. The van der Waals surface area contributed by atoms with Gasteiger partial charge in [0.1, 0.15) is 0 Å². The van der Waals surface area contributed by atoms with Gasteiger partial charge in [-0.15, -0.1) is 0 Å². The van der Waals surface area contributed by atoms with Crippen LogP contribution in [0.1, 0.15) is 28.1 Å². The molecule has 0 heterocycles. The first kappa shape index (κ1) is 11.7. The second-order valence-corrected chi connectivity index (χ2v) is 5.77. The summed E-state index contributed by atoms with van der Waals surface area (Å²) < 4.78 is 22.5. The summed E-state index contributed by atoms with van der Waals surface area (Å²) in [5, 5.41) is 8.06. The molecule has 0 aliphatic rings. The van der Waals surface area contributed by atoms with Gasteiger partial charge in [-0.1, -0.05) is 12.1 Å². The molecule has 1 aromatic rings. The molecule has 0 amide bonds. The summed E-state index contributed by atoms with van der Waals surface area (Å²) in [6.45, 7) is 1.54. The number of benzene rings is 1. The Morgan fingerprint density at radius 2 is 2.00 bits per heavy atom. The molecule has 1 rings (SSSR count). The van der Waals surface area contributed by atoms with Crippen LogP contribution in [0.25, 0.3) is 0 Å². The Bertz CT molecular complexity index is 476. The Morgan fingerprint density at radius 1 is 1.40 bits per heavy atom. The lowest BCUT2D eigenvalue weighted by Crippen LogP contribution is -2.08. The van der Waals surface area contributed by atoms with E-state index in [2.05, 4.69) is 0 Å². The fourth-order valence-corrected chi connectivity index (χ4v) is 1.81. The fourth-order valence-electron chi connectivity index (χ4n) is 1.17. The Balaban J connectivity index is 3.17. The van der Waals surface area contributed by atoms with Crippen LogP contribution in [-0.4, -0.2) is 25.7 Å². The van der Waals surface area contributed by atoms with Crippen LogP contribution in [0.15, 0.2) is 24.3 Å². The first-order valence-electron chi connectivity index (χ1n) is 4.34. The third-order valence-electron chi connectivity index (χ3n) is 2.25. The van der Waals surface area contributed by atoms with E-state index in [-0.39, 0.29) is 5.56 Å². The van der Waals surface area contributed by atoms with Crippen molar-refractivity contribution in [1.29, 1.82) is 0 Å². The predicted octanol–water partition coefficient (Wildman–Crippen LogP) is 1.49. The summed E-state index contributed by atoms with van der Waals surface area (Å²) in [5.74, 6) is -1.06. The summed E-state index contributed by atoms with van der Waals surface area (Å²) >= 11 is 0. The van der Waals surface area contributed by atoms with Gasteiger partial charge in [0, 0.05) is 6.26 Å². The van der Waals surface area contributed by atoms with Crippen LogP contribution in [-0.2, 0) is 9.84 Å². The molecule has 0 bridgehead atoms. The number of hydrogen-bond donors (Lipinski definition) is 1. The van der Waals surface area contributed by atoms with Crippen LogP contribution in [0.5, 0.6) is 0 Å². The zero-order chi connectivity index (χ0) is 11.6. The number of carboxylic acid groups (broad SMARTS) is 1. The quantitative estimate of drug-likeness (QED) is 0.850. The second kappa shape index (κ2) is 4.02. The largest absolute Gasteiger partial charge is 0.478 e. The number of carboxylic acids is 1. The number of rotatable bonds is 3. The van der Waals surface area contributed by atoms with Gasteiger partial charge in [0.05, 0.1) is 10.8 Å². The second-order valence-electron chi connectivity index (χ2n) is 3.40. The highest BCUT2D eigenvalue weighted by Crippen LogP contribution is 2.21. The molecule has 82 valence electrons. The van der Waals surface area contributed by atoms with Gasteiger partial charge in [0.15, 0.2) is 9.84 Å². The van der Waals surface area contributed by atoms with Crippen molar-refractivity contribution in [2.75, 3.05) is 6.26 Å². The van der Waals surface area contributed by atoms with Gasteiger partial charge in [0.2, 0.25) is 0 Å². The van der Waals surface area contributed by atoms with Gasteiger partial charge < -0.3 is 5.11 Å². The van der Waals surface area contributed by atoms with Crippen molar-refractivity contribution >= 4 is 15.8 Å². The van der Waals surface area contributed by atoms with Crippen LogP contribution in [0, 0.1) is 0 Å². The number of hydrogen-bond acceptors (Lipinski definition) is 3. The summed E-state index contributed by atoms with van der Waals surface area (Å²) in [4.78, 5) is 10.7. The molecular weight excluding hydrogens is 216 g/mol. The van der Waals surface area contributed by atoms with Gasteiger partial charge in [-0.25, -0.2) is 13.2 Å². The van der Waals surface area contributed by atoms with Gasteiger partial charge in [-0.2, -0.15) is 0 Å². The minimum Gasteiger partial charge on any atom is -0.478 e. The van der Waals surface area contributed by atoms with Crippen molar-refractivity contribution in [2.45, 2.75) is 12.2 Å². The van der Waals surface area contributed by atoms with Gasteiger partial charge in [-0.05, 0) is 24.6 Å². The average Bonchev–Trinajstić information content (AvgIpc) is 2.15. The fraction of sp³-hybridized carbons (Fsp3) is 0.300. The molecule has 0 aliphatic heterocycles. The Morgan fingerprint density at radius 3 is 2.47 bits per heavy atom. The highest BCUT2D eigenvalue weighted by Gasteiger charge is 2.17. The van der Waals surface area contributed by atoms with Gasteiger partial charge in [0.25, 0.3) is 0 Å². The van der Waals surface area contributed by atoms with Crippen molar-refractivity contribution in [1.82, 2.24) is 0 Å². The van der Waals surface area contributed by atoms with Crippen molar-refractivity contribution in [3.63, 3.8) is 0 Å². The molecule has 0 radical (unpaired) electrons. The molecule has 0 aromatic heterocycles. The Kier molecular flexibility index (Phi) is 3.14. The lowest BCUT2D eigenvalue weighted by atomic mass is 10.1. The molecule has 4 nitrogen and oxygen atoms in total. The Labute approximate surface area is 88.5 Å². The summed E-state index contributed by atoms with van der Waals surface area (Å²) in [6.07, 6.45) is 1.13. The first-order valence-corrected chi connectivity index (χ1v) is 6.30.